The number of carbonyl (C=O) groups excluding carboxylic acids is 1. The number of aromatic amines is 1. The van der Waals surface area contributed by atoms with Gasteiger partial charge in [-0.1, -0.05) is 0 Å². The lowest BCUT2D eigenvalue weighted by Crippen LogP contribution is -2.40. The lowest BCUT2D eigenvalue weighted by molar-refractivity contribution is -0.137. The molecule has 0 bridgehead atoms. The number of aromatic hydroxyl groups is 1. The van der Waals surface area contributed by atoms with Crippen molar-refractivity contribution in [3.05, 3.63) is 28.0 Å². The topological polar surface area (TPSA) is 114 Å². The standard InChI is InChI=1S/C12H17N3O5/c1-14(2)3-4-15(7-11(18)19)12(20)8-5-9(16)13-10(17)6-8/h5-6H,3-4,7H2,1-2H3,(H,18,19)(H2,13,16,17). The fraction of sp³-hybridized carbons (Fsp3) is 0.417. The predicted molar refractivity (Wildman–Crippen MR) is 70.8 cm³/mol. The van der Waals surface area contributed by atoms with Crippen LogP contribution in [0.1, 0.15) is 10.4 Å². The number of nitrogens with one attached hydrogen (secondary N) is 1. The Balaban J connectivity index is 2.96. The van der Waals surface area contributed by atoms with Gasteiger partial charge in [-0.2, -0.15) is 0 Å². The highest BCUT2D eigenvalue weighted by Crippen LogP contribution is 2.08. The van der Waals surface area contributed by atoms with E-state index in [-0.39, 0.29) is 12.1 Å². The molecule has 0 spiro atoms. The van der Waals surface area contributed by atoms with E-state index in [0.717, 1.165) is 17.0 Å². The lowest BCUT2D eigenvalue weighted by Gasteiger charge is -2.22. The highest BCUT2D eigenvalue weighted by Gasteiger charge is 2.19. The van der Waals surface area contributed by atoms with Gasteiger partial charge in [0.15, 0.2) is 5.88 Å². The van der Waals surface area contributed by atoms with E-state index in [0.29, 0.717) is 6.54 Å². The molecule has 8 nitrogen and oxygen atoms in total. The van der Waals surface area contributed by atoms with Crippen LogP contribution in [0, 0.1) is 0 Å². The monoisotopic (exact) mass is 283 g/mol. The molecule has 0 fully saturated rings. The maximum atomic E-state index is 12.2. The van der Waals surface area contributed by atoms with E-state index in [1.54, 1.807) is 19.0 Å². The van der Waals surface area contributed by atoms with Crippen LogP contribution in [-0.4, -0.2) is 70.6 Å². The van der Waals surface area contributed by atoms with Gasteiger partial charge in [-0.05, 0) is 14.1 Å². The van der Waals surface area contributed by atoms with Gasteiger partial charge >= 0.3 is 5.97 Å². The number of carbonyl (C=O) groups is 2. The number of aliphatic carboxylic acids is 1. The Morgan fingerprint density at radius 1 is 1.25 bits per heavy atom. The first-order valence-electron chi connectivity index (χ1n) is 5.88. The molecule has 0 radical (unpaired) electrons. The van der Waals surface area contributed by atoms with E-state index in [2.05, 4.69) is 4.98 Å². The van der Waals surface area contributed by atoms with Gasteiger partial charge in [0.05, 0.1) is 5.56 Å². The normalized spacial score (nSPS) is 10.6. The molecule has 0 unspecified atom stereocenters. The highest BCUT2D eigenvalue weighted by molar-refractivity contribution is 5.96. The first kappa shape index (κ1) is 15.7. The number of pyridine rings is 1. The molecule has 1 heterocycles. The summed E-state index contributed by atoms with van der Waals surface area (Å²) >= 11 is 0. The second-order valence-electron chi connectivity index (χ2n) is 4.54. The quantitative estimate of drug-likeness (QED) is 0.628. The molecule has 1 rings (SSSR count). The fourth-order valence-corrected chi connectivity index (χ4v) is 1.57. The molecule has 0 aliphatic heterocycles. The molecule has 1 amide bonds. The van der Waals surface area contributed by atoms with Crippen LogP contribution >= 0.6 is 0 Å². The summed E-state index contributed by atoms with van der Waals surface area (Å²) in [7, 11) is 3.59. The maximum Gasteiger partial charge on any atom is 0.323 e. The molecule has 0 saturated carbocycles. The Hall–Kier alpha value is -2.35. The number of likely N-dealkylation sites (N-methyl/N-ethyl adjacent to an activating group) is 1. The van der Waals surface area contributed by atoms with Gasteiger partial charge in [0, 0.05) is 25.2 Å². The summed E-state index contributed by atoms with van der Waals surface area (Å²) in [5.41, 5.74) is -0.678. The van der Waals surface area contributed by atoms with Crippen molar-refractivity contribution >= 4 is 11.9 Å². The van der Waals surface area contributed by atoms with Gasteiger partial charge < -0.3 is 20.0 Å². The Kier molecular flexibility index (Phi) is 5.27. The van der Waals surface area contributed by atoms with Gasteiger partial charge in [-0.25, -0.2) is 0 Å². The van der Waals surface area contributed by atoms with Crippen molar-refractivity contribution in [2.24, 2.45) is 0 Å². The third-order valence-corrected chi connectivity index (χ3v) is 2.51. The van der Waals surface area contributed by atoms with Crippen LogP contribution in [0.3, 0.4) is 0 Å². The third-order valence-electron chi connectivity index (χ3n) is 2.51. The van der Waals surface area contributed by atoms with E-state index in [9.17, 15) is 19.5 Å². The molecule has 0 aliphatic carbocycles. The molecule has 0 atom stereocenters. The second-order valence-corrected chi connectivity index (χ2v) is 4.54. The SMILES string of the molecule is CN(C)CCN(CC(=O)O)C(=O)c1cc(O)[nH]c(=O)c1. The van der Waals surface area contributed by atoms with Crippen LogP contribution in [0.25, 0.3) is 0 Å². The first-order valence-corrected chi connectivity index (χ1v) is 5.88. The fourth-order valence-electron chi connectivity index (χ4n) is 1.57. The van der Waals surface area contributed by atoms with Crippen molar-refractivity contribution in [2.45, 2.75) is 0 Å². The molecule has 1 aromatic heterocycles. The van der Waals surface area contributed by atoms with E-state index in [4.69, 9.17) is 5.11 Å². The summed E-state index contributed by atoms with van der Waals surface area (Å²) in [5, 5.41) is 18.1. The zero-order valence-electron chi connectivity index (χ0n) is 11.3. The summed E-state index contributed by atoms with van der Waals surface area (Å²) in [4.78, 5) is 39.2. The van der Waals surface area contributed by atoms with Gasteiger partial charge in [0.2, 0.25) is 0 Å². The Morgan fingerprint density at radius 3 is 2.40 bits per heavy atom. The zero-order chi connectivity index (χ0) is 15.3. The lowest BCUT2D eigenvalue weighted by atomic mass is 10.2. The summed E-state index contributed by atoms with van der Waals surface area (Å²) in [6.45, 7) is 0.208. The number of amides is 1. The minimum absolute atomic E-state index is 0.0498. The molecule has 8 heteroatoms. The Labute approximate surface area is 115 Å². The summed E-state index contributed by atoms with van der Waals surface area (Å²) in [6.07, 6.45) is 0. The summed E-state index contributed by atoms with van der Waals surface area (Å²) < 4.78 is 0. The smallest absolute Gasteiger partial charge is 0.323 e. The van der Waals surface area contributed by atoms with Gasteiger partial charge in [-0.15, -0.1) is 0 Å². The average Bonchev–Trinajstić information content (AvgIpc) is 2.31. The number of carboxylic acid groups (broad SMARTS) is 1. The summed E-state index contributed by atoms with van der Waals surface area (Å²) in [5.74, 6) is -2.20. The summed E-state index contributed by atoms with van der Waals surface area (Å²) in [6, 6.07) is 2.11. The van der Waals surface area contributed by atoms with Crippen LogP contribution in [-0.2, 0) is 4.79 Å². The van der Waals surface area contributed by atoms with Gasteiger partial charge in [-0.3, -0.25) is 19.4 Å². The molecular formula is C12H17N3O5. The van der Waals surface area contributed by atoms with E-state index in [1.165, 1.54) is 0 Å². The van der Waals surface area contributed by atoms with Crippen LogP contribution < -0.4 is 5.56 Å². The molecule has 0 aromatic carbocycles. The van der Waals surface area contributed by atoms with Gasteiger partial charge in [0.1, 0.15) is 6.54 Å². The minimum atomic E-state index is -1.15. The van der Waals surface area contributed by atoms with Crippen molar-refractivity contribution in [3.63, 3.8) is 0 Å². The van der Waals surface area contributed by atoms with Crippen LogP contribution in [0.4, 0.5) is 0 Å². The molecule has 0 saturated heterocycles. The Bertz CT molecular complexity index is 552. The van der Waals surface area contributed by atoms with Crippen LogP contribution in [0.2, 0.25) is 0 Å². The average molecular weight is 283 g/mol. The predicted octanol–water partition coefficient (Wildman–Crippen LogP) is -0.831. The zero-order valence-corrected chi connectivity index (χ0v) is 11.3. The minimum Gasteiger partial charge on any atom is -0.494 e. The molecular weight excluding hydrogens is 266 g/mol. The van der Waals surface area contributed by atoms with Crippen molar-refractivity contribution in [3.8, 4) is 5.88 Å². The van der Waals surface area contributed by atoms with Crippen LogP contribution in [0.15, 0.2) is 16.9 Å². The van der Waals surface area contributed by atoms with E-state index in [1.807, 2.05) is 0 Å². The number of H-pyrrole nitrogens is 1. The Morgan fingerprint density at radius 2 is 1.90 bits per heavy atom. The molecule has 1 aromatic rings. The number of nitrogens with zero attached hydrogens (tertiary/aromatic N) is 2. The number of carboxylic acids is 1. The first-order chi connectivity index (χ1) is 9.29. The van der Waals surface area contributed by atoms with Crippen LogP contribution in [0.5, 0.6) is 5.88 Å². The van der Waals surface area contributed by atoms with E-state index < -0.39 is 29.9 Å². The van der Waals surface area contributed by atoms with E-state index >= 15 is 0 Å². The van der Waals surface area contributed by atoms with Crippen molar-refractivity contribution in [2.75, 3.05) is 33.7 Å². The maximum absolute atomic E-state index is 12.2. The molecule has 0 aliphatic rings. The number of rotatable bonds is 6. The van der Waals surface area contributed by atoms with Crippen molar-refractivity contribution in [1.29, 1.82) is 0 Å². The van der Waals surface area contributed by atoms with Crippen molar-refractivity contribution < 1.29 is 19.8 Å². The largest absolute Gasteiger partial charge is 0.494 e. The second kappa shape index (κ2) is 6.71. The number of hydrogen-bond donors (Lipinski definition) is 3. The number of aromatic nitrogens is 1. The third kappa shape index (κ3) is 4.73. The molecule has 110 valence electrons. The highest BCUT2D eigenvalue weighted by atomic mass is 16.4. The van der Waals surface area contributed by atoms with Gasteiger partial charge in [0.25, 0.3) is 11.5 Å². The molecule has 20 heavy (non-hydrogen) atoms. The molecule has 3 N–H and O–H groups in total. The van der Waals surface area contributed by atoms with Crippen molar-refractivity contribution in [1.82, 2.24) is 14.8 Å². The number of hydrogen-bond acceptors (Lipinski definition) is 5.